The predicted octanol–water partition coefficient (Wildman–Crippen LogP) is 2.43. The molecule has 26 heavy (non-hydrogen) atoms. The molecule has 3 rings (SSSR count). The van der Waals surface area contributed by atoms with Crippen LogP contribution in [0, 0.1) is 13.8 Å². The maximum absolute atomic E-state index is 12.8. The number of hydrogen-bond donors (Lipinski definition) is 0. The third-order valence-corrected chi connectivity index (χ3v) is 3.97. The first-order valence-electron chi connectivity index (χ1n) is 8.33. The maximum atomic E-state index is 12.8. The fourth-order valence-electron chi connectivity index (χ4n) is 2.75. The zero-order chi connectivity index (χ0) is 18.5. The number of hydrogen-bond acceptors (Lipinski definition) is 5. The largest absolute Gasteiger partial charge is 0.492 e. The number of nitrogens with zero attached hydrogens (tertiary/aromatic N) is 5. The number of tetrazole rings is 1. The fraction of sp³-hybridized carbons (Fsp3) is 0.263. The number of ether oxygens (including phenoxy) is 1. The monoisotopic (exact) mass is 351 g/mol. The normalized spacial score (nSPS) is 10.6. The molecule has 0 radical (unpaired) electrons. The summed E-state index contributed by atoms with van der Waals surface area (Å²) in [6.45, 7) is 4.95. The summed E-state index contributed by atoms with van der Waals surface area (Å²) in [4.78, 5) is 14.4. The summed E-state index contributed by atoms with van der Waals surface area (Å²) in [5.41, 5.74) is 3.48. The third-order valence-electron chi connectivity index (χ3n) is 3.97. The van der Waals surface area contributed by atoms with Gasteiger partial charge in [-0.2, -0.15) is 4.68 Å². The van der Waals surface area contributed by atoms with E-state index in [2.05, 4.69) is 21.6 Å². The van der Waals surface area contributed by atoms with Gasteiger partial charge in [0, 0.05) is 7.05 Å². The van der Waals surface area contributed by atoms with Crippen molar-refractivity contribution in [3.05, 3.63) is 65.5 Å². The summed E-state index contributed by atoms with van der Waals surface area (Å²) in [5.74, 6) is 0.706. The molecular formula is C19H21N5O2. The number of likely N-dealkylation sites (N-methyl/N-ethyl adjacent to an activating group) is 1. The van der Waals surface area contributed by atoms with Gasteiger partial charge in [0.1, 0.15) is 18.7 Å². The Bertz CT molecular complexity index is 872. The molecule has 1 amide bonds. The molecule has 0 saturated heterocycles. The van der Waals surface area contributed by atoms with Gasteiger partial charge in [0.05, 0.1) is 17.8 Å². The van der Waals surface area contributed by atoms with E-state index in [1.54, 1.807) is 18.0 Å². The number of aromatic nitrogens is 4. The molecular weight excluding hydrogens is 330 g/mol. The zero-order valence-corrected chi connectivity index (χ0v) is 15.1. The molecule has 7 heteroatoms. The number of carbonyl (C=O) groups is 1. The van der Waals surface area contributed by atoms with Crippen molar-refractivity contribution < 1.29 is 9.53 Å². The lowest BCUT2D eigenvalue weighted by molar-refractivity contribution is 0.0773. The van der Waals surface area contributed by atoms with E-state index in [-0.39, 0.29) is 5.91 Å². The lowest BCUT2D eigenvalue weighted by Gasteiger charge is -2.19. The smallest absolute Gasteiger partial charge is 0.255 e. The summed E-state index contributed by atoms with van der Waals surface area (Å²) in [5, 5.41) is 11.1. The molecule has 0 spiro atoms. The van der Waals surface area contributed by atoms with Crippen LogP contribution in [0.3, 0.4) is 0 Å². The van der Waals surface area contributed by atoms with Crippen LogP contribution in [0.1, 0.15) is 21.5 Å². The Hall–Kier alpha value is -3.22. The minimum atomic E-state index is -0.111. The van der Waals surface area contributed by atoms with Crippen molar-refractivity contribution in [3.63, 3.8) is 0 Å². The molecule has 0 aliphatic rings. The highest BCUT2D eigenvalue weighted by molar-refractivity contribution is 5.97. The van der Waals surface area contributed by atoms with Crippen LogP contribution >= 0.6 is 0 Å². The first-order valence-corrected chi connectivity index (χ1v) is 8.33. The van der Waals surface area contributed by atoms with Crippen molar-refractivity contribution >= 4 is 5.91 Å². The predicted molar refractivity (Wildman–Crippen MR) is 97.5 cm³/mol. The van der Waals surface area contributed by atoms with Crippen molar-refractivity contribution in [1.82, 2.24) is 25.1 Å². The van der Waals surface area contributed by atoms with E-state index in [1.807, 2.05) is 44.2 Å². The van der Waals surface area contributed by atoms with Gasteiger partial charge in [0.15, 0.2) is 0 Å². The Morgan fingerprint density at radius 1 is 1.15 bits per heavy atom. The maximum Gasteiger partial charge on any atom is 0.255 e. The van der Waals surface area contributed by atoms with Gasteiger partial charge in [-0.1, -0.05) is 18.2 Å². The second-order valence-corrected chi connectivity index (χ2v) is 6.17. The average Bonchev–Trinajstić information content (AvgIpc) is 3.14. The van der Waals surface area contributed by atoms with E-state index in [9.17, 15) is 4.79 Å². The topological polar surface area (TPSA) is 73.1 Å². The third kappa shape index (κ3) is 4.05. The van der Waals surface area contributed by atoms with Gasteiger partial charge in [0.25, 0.3) is 5.91 Å². The molecule has 0 atom stereocenters. The molecule has 0 unspecified atom stereocenters. The number of para-hydroxylation sites is 1. The first kappa shape index (κ1) is 17.6. The Kier molecular flexibility index (Phi) is 5.26. The number of amides is 1. The molecule has 1 heterocycles. The van der Waals surface area contributed by atoms with Gasteiger partial charge in [-0.25, -0.2) is 0 Å². The molecule has 3 aromatic rings. The van der Waals surface area contributed by atoms with Gasteiger partial charge in [0.2, 0.25) is 0 Å². The average molecular weight is 351 g/mol. The molecule has 0 fully saturated rings. The van der Waals surface area contributed by atoms with E-state index < -0.39 is 0 Å². The Labute approximate surface area is 152 Å². The number of carbonyl (C=O) groups excluding carboxylic acids is 1. The van der Waals surface area contributed by atoms with Gasteiger partial charge in [-0.05, 0) is 59.7 Å². The molecule has 7 nitrogen and oxygen atoms in total. The molecule has 0 aliphatic carbocycles. The SMILES string of the molecule is Cc1cc(C)cc(OCCN(C)C(=O)c2ccccc2-n2cnnn2)c1. The number of rotatable bonds is 6. The van der Waals surface area contributed by atoms with Gasteiger partial charge >= 0.3 is 0 Å². The summed E-state index contributed by atoms with van der Waals surface area (Å²) >= 11 is 0. The standard InChI is InChI=1S/C19H21N5O2/c1-14-10-15(2)12-16(11-14)26-9-8-23(3)19(25)17-6-4-5-7-18(17)24-13-20-21-22-24/h4-7,10-13H,8-9H2,1-3H3. The summed E-state index contributed by atoms with van der Waals surface area (Å²) in [6, 6.07) is 13.3. The Balaban J connectivity index is 1.65. The second kappa shape index (κ2) is 7.77. The zero-order valence-electron chi connectivity index (χ0n) is 15.1. The van der Waals surface area contributed by atoms with E-state index in [4.69, 9.17) is 4.74 Å². The van der Waals surface area contributed by atoms with E-state index >= 15 is 0 Å². The summed E-state index contributed by atoms with van der Waals surface area (Å²) in [7, 11) is 1.75. The van der Waals surface area contributed by atoms with Gasteiger partial charge in [-0.3, -0.25) is 4.79 Å². The number of benzene rings is 2. The summed E-state index contributed by atoms with van der Waals surface area (Å²) in [6.07, 6.45) is 1.47. The van der Waals surface area contributed by atoms with E-state index in [1.165, 1.54) is 11.0 Å². The van der Waals surface area contributed by atoms with Crippen LogP contribution in [-0.2, 0) is 0 Å². The van der Waals surface area contributed by atoms with Crippen LogP contribution in [0.15, 0.2) is 48.8 Å². The molecule has 0 aliphatic heterocycles. The lowest BCUT2D eigenvalue weighted by atomic mass is 10.1. The van der Waals surface area contributed by atoms with Crippen molar-refractivity contribution in [2.45, 2.75) is 13.8 Å². The lowest BCUT2D eigenvalue weighted by Crippen LogP contribution is -2.31. The minimum Gasteiger partial charge on any atom is -0.492 e. The fourth-order valence-corrected chi connectivity index (χ4v) is 2.75. The van der Waals surface area contributed by atoms with Gasteiger partial charge in [-0.15, -0.1) is 5.10 Å². The van der Waals surface area contributed by atoms with Gasteiger partial charge < -0.3 is 9.64 Å². The van der Waals surface area contributed by atoms with Crippen molar-refractivity contribution in [1.29, 1.82) is 0 Å². The Morgan fingerprint density at radius 3 is 2.58 bits per heavy atom. The van der Waals surface area contributed by atoms with Crippen LogP contribution in [-0.4, -0.2) is 51.2 Å². The van der Waals surface area contributed by atoms with Crippen LogP contribution in [0.5, 0.6) is 5.75 Å². The molecule has 0 N–H and O–H groups in total. The van der Waals surface area contributed by atoms with E-state index in [0.717, 1.165) is 16.9 Å². The number of aryl methyl sites for hydroxylation is 2. The highest BCUT2D eigenvalue weighted by atomic mass is 16.5. The van der Waals surface area contributed by atoms with Crippen LogP contribution in [0.25, 0.3) is 5.69 Å². The second-order valence-electron chi connectivity index (χ2n) is 6.17. The van der Waals surface area contributed by atoms with Crippen LogP contribution in [0.2, 0.25) is 0 Å². The first-order chi connectivity index (χ1) is 12.5. The highest BCUT2D eigenvalue weighted by Crippen LogP contribution is 2.17. The van der Waals surface area contributed by atoms with E-state index in [0.29, 0.717) is 24.4 Å². The van der Waals surface area contributed by atoms with Crippen molar-refractivity contribution in [3.8, 4) is 11.4 Å². The molecule has 0 saturated carbocycles. The summed E-state index contributed by atoms with van der Waals surface area (Å²) < 4.78 is 7.27. The minimum absolute atomic E-state index is 0.111. The Morgan fingerprint density at radius 2 is 1.88 bits per heavy atom. The molecule has 134 valence electrons. The van der Waals surface area contributed by atoms with Crippen LogP contribution in [0.4, 0.5) is 0 Å². The van der Waals surface area contributed by atoms with Crippen molar-refractivity contribution in [2.75, 3.05) is 20.2 Å². The van der Waals surface area contributed by atoms with Crippen LogP contribution < -0.4 is 4.74 Å². The van der Waals surface area contributed by atoms with Crippen molar-refractivity contribution in [2.24, 2.45) is 0 Å². The molecule has 1 aromatic heterocycles. The highest BCUT2D eigenvalue weighted by Gasteiger charge is 2.17. The molecule has 2 aromatic carbocycles. The molecule has 0 bridgehead atoms. The quantitative estimate of drug-likeness (QED) is 0.682.